The van der Waals surface area contributed by atoms with Crippen molar-refractivity contribution in [3.63, 3.8) is 0 Å². The van der Waals surface area contributed by atoms with Gasteiger partial charge < -0.3 is 20.5 Å². The van der Waals surface area contributed by atoms with Gasteiger partial charge in [0.1, 0.15) is 17.6 Å². The summed E-state index contributed by atoms with van der Waals surface area (Å²) in [5, 5.41) is 16.8. The third-order valence-corrected chi connectivity index (χ3v) is 6.96. The van der Waals surface area contributed by atoms with Gasteiger partial charge in [-0.25, -0.2) is 4.39 Å². The number of ether oxygens (including phenoxy) is 1. The number of rotatable bonds is 6. The summed E-state index contributed by atoms with van der Waals surface area (Å²) in [6, 6.07) is 3.56. The van der Waals surface area contributed by atoms with E-state index < -0.39 is 34.9 Å². The lowest BCUT2D eigenvalue weighted by molar-refractivity contribution is -0.137. The van der Waals surface area contributed by atoms with E-state index in [0.717, 1.165) is 6.07 Å². The number of hydroxylamine groups is 1. The Hall–Kier alpha value is -1.94. The van der Waals surface area contributed by atoms with Crippen LogP contribution in [0, 0.1) is 5.82 Å². The van der Waals surface area contributed by atoms with Crippen LogP contribution < -0.4 is 20.9 Å². The highest BCUT2D eigenvalue weighted by Crippen LogP contribution is 2.47. The molecule has 3 unspecified atom stereocenters. The molecule has 3 aliphatic carbocycles. The fraction of sp³-hybridized carbons (Fsp3) is 0.619. The normalized spacial score (nSPS) is 34.4. The number of amides is 2. The molecule has 2 bridgehead atoms. The van der Waals surface area contributed by atoms with E-state index in [1.54, 1.807) is 0 Å². The molecule has 3 saturated carbocycles. The van der Waals surface area contributed by atoms with Crippen LogP contribution in [0.15, 0.2) is 18.2 Å². The first-order chi connectivity index (χ1) is 14.7. The standard InChI is InChI=1S/C21H27ClFN3O5/c1-12-8-16(26-31-12)19(29)25-20-4-6-21(7-5-20,17(27)10-20)24-18(28)11-30-13-2-3-14(22)15(23)9-13/h2-3,9,12,16-17,26-27H,4-8,10-11H2,1H3,(H,24,28)(H,25,29). The van der Waals surface area contributed by atoms with E-state index >= 15 is 0 Å². The van der Waals surface area contributed by atoms with Crippen molar-refractivity contribution in [2.75, 3.05) is 6.61 Å². The topological polar surface area (TPSA) is 109 Å². The van der Waals surface area contributed by atoms with Crippen LogP contribution in [0.25, 0.3) is 0 Å². The van der Waals surface area contributed by atoms with E-state index in [9.17, 15) is 19.1 Å². The monoisotopic (exact) mass is 455 g/mol. The van der Waals surface area contributed by atoms with Crippen molar-refractivity contribution in [3.05, 3.63) is 29.0 Å². The van der Waals surface area contributed by atoms with E-state index in [0.29, 0.717) is 38.5 Å². The van der Waals surface area contributed by atoms with Gasteiger partial charge in [0, 0.05) is 18.0 Å². The second kappa shape index (κ2) is 8.54. The molecular weight excluding hydrogens is 429 g/mol. The zero-order chi connectivity index (χ0) is 22.2. The van der Waals surface area contributed by atoms with Crippen molar-refractivity contribution in [1.29, 1.82) is 0 Å². The summed E-state index contributed by atoms with van der Waals surface area (Å²) in [6.07, 6.45) is 2.55. The summed E-state index contributed by atoms with van der Waals surface area (Å²) in [7, 11) is 0. The molecule has 170 valence electrons. The molecule has 5 rings (SSSR count). The highest BCUT2D eigenvalue weighted by molar-refractivity contribution is 6.30. The van der Waals surface area contributed by atoms with Gasteiger partial charge in [0.2, 0.25) is 5.91 Å². The molecule has 1 heterocycles. The number of fused-ring (bicyclic) bond motifs is 3. The predicted octanol–water partition coefficient (Wildman–Crippen LogP) is 1.59. The second-order valence-corrected chi connectivity index (χ2v) is 9.30. The maximum absolute atomic E-state index is 13.5. The van der Waals surface area contributed by atoms with Crippen LogP contribution in [-0.2, 0) is 14.4 Å². The van der Waals surface area contributed by atoms with E-state index in [-0.39, 0.29) is 29.4 Å². The summed E-state index contributed by atoms with van der Waals surface area (Å²) in [6.45, 7) is 1.59. The van der Waals surface area contributed by atoms with Gasteiger partial charge in [-0.15, -0.1) is 0 Å². The first-order valence-corrected chi connectivity index (χ1v) is 10.9. The van der Waals surface area contributed by atoms with Gasteiger partial charge in [0.05, 0.1) is 22.8 Å². The Morgan fingerprint density at radius 1 is 1.32 bits per heavy atom. The predicted molar refractivity (Wildman–Crippen MR) is 110 cm³/mol. The fourth-order valence-corrected chi connectivity index (χ4v) is 4.94. The summed E-state index contributed by atoms with van der Waals surface area (Å²) in [5.41, 5.74) is 1.53. The molecule has 10 heteroatoms. The molecule has 4 fully saturated rings. The van der Waals surface area contributed by atoms with Crippen LogP contribution in [0.3, 0.4) is 0 Å². The van der Waals surface area contributed by atoms with Crippen molar-refractivity contribution >= 4 is 23.4 Å². The van der Waals surface area contributed by atoms with Crippen LogP contribution in [-0.4, -0.2) is 52.9 Å². The molecule has 4 aliphatic rings. The van der Waals surface area contributed by atoms with Crippen molar-refractivity contribution in [3.8, 4) is 5.75 Å². The minimum absolute atomic E-state index is 0.0222. The molecule has 1 aromatic carbocycles. The first-order valence-electron chi connectivity index (χ1n) is 10.5. The van der Waals surface area contributed by atoms with Gasteiger partial charge in [-0.1, -0.05) is 11.6 Å². The molecule has 0 spiro atoms. The summed E-state index contributed by atoms with van der Waals surface area (Å²) >= 11 is 5.64. The minimum Gasteiger partial charge on any atom is -0.484 e. The SMILES string of the molecule is CC1CC(C(=O)NC23CCC(NC(=O)COc4ccc(Cl)c(F)c4)(CC2)C(O)C3)NO1. The van der Waals surface area contributed by atoms with Crippen LogP contribution in [0.5, 0.6) is 5.75 Å². The number of aliphatic hydroxyl groups is 1. The highest BCUT2D eigenvalue weighted by Gasteiger charge is 2.55. The Morgan fingerprint density at radius 2 is 2.06 bits per heavy atom. The number of hydrogen-bond acceptors (Lipinski definition) is 6. The average Bonchev–Trinajstić information content (AvgIpc) is 3.17. The summed E-state index contributed by atoms with van der Waals surface area (Å²) in [5.74, 6) is -0.948. The van der Waals surface area contributed by atoms with Crippen LogP contribution in [0.4, 0.5) is 4.39 Å². The number of aliphatic hydroxyl groups excluding tert-OH is 1. The van der Waals surface area contributed by atoms with Gasteiger partial charge in [0.25, 0.3) is 5.91 Å². The van der Waals surface area contributed by atoms with E-state index in [4.69, 9.17) is 21.2 Å². The van der Waals surface area contributed by atoms with Gasteiger partial charge >= 0.3 is 0 Å². The third-order valence-electron chi connectivity index (χ3n) is 6.65. The van der Waals surface area contributed by atoms with Crippen molar-refractivity contribution in [2.45, 2.75) is 74.8 Å². The average molecular weight is 456 g/mol. The van der Waals surface area contributed by atoms with Crippen LogP contribution in [0.1, 0.15) is 45.4 Å². The minimum atomic E-state index is -0.793. The number of carbonyl (C=O) groups excluding carboxylic acids is 2. The number of nitrogens with one attached hydrogen (secondary N) is 3. The summed E-state index contributed by atoms with van der Waals surface area (Å²) in [4.78, 5) is 30.3. The van der Waals surface area contributed by atoms with Crippen LogP contribution >= 0.6 is 11.6 Å². The van der Waals surface area contributed by atoms with E-state index in [1.807, 2.05) is 6.92 Å². The molecule has 0 radical (unpaired) electrons. The molecule has 2 amide bonds. The van der Waals surface area contributed by atoms with Crippen molar-refractivity contribution < 1.29 is 28.7 Å². The van der Waals surface area contributed by atoms with Gasteiger partial charge in [-0.05, 0) is 51.2 Å². The molecular formula is C21H27ClFN3O5. The zero-order valence-corrected chi connectivity index (χ0v) is 18.0. The Morgan fingerprint density at radius 3 is 2.68 bits per heavy atom. The molecule has 4 N–H and O–H groups in total. The van der Waals surface area contributed by atoms with E-state index in [2.05, 4.69) is 16.1 Å². The molecule has 8 nitrogen and oxygen atoms in total. The molecule has 3 atom stereocenters. The van der Waals surface area contributed by atoms with Gasteiger partial charge in [-0.3, -0.25) is 14.4 Å². The molecule has 1 saturated heterocycles. The maximum Gasteiger partial charge on any atom is 0.258 e. The van der Waals surface area contributed by atoms with Crippen LogP contribution in [0.2, 0.25) is 5.02 Å². The Balaban J connectivity index is 1.31. The largest absolute Gasteiger partial charge is 0.484 e. The first kappa shape index (κ1) is 22.3. The molecule has 1 aromatic rings. The molecule has 31 heavy (non-hydrogen) atoms. The van der Waals surface area contributed by atoms with Crippen molar-refractivity contribution in [2.24, 2.45) is 0 Å². The number of halogens is 2. The lowest BCUT2D eigenvalue weighted by Gasteiger charge is -2.56. The second-order valence-electron chi connectivity index (χ2n) is 8.89. The molecule has 0 aromatic heterocycles. The fourth-order valence-electron chi connectivity index (χ4n) is 4.83. The van der Waals surface area contributed by atoms with Gasteiger partial charge in [-0.2, -0.15) is 5.48 Å². The van der Waals surface area contributed by atoms with E-state index in [1.165, 1.54) is 12.1 Å². The zero-order valence-electron chi connectivity index (χ0n) is 17.2. The highest BCUT2D eigenvalue weighted by atomic mass is 35.5. The summed E-state index contributed by atoms with van der Waals surface area (Å²) < 4.78 is 18.9. The quantitative estimate of drug-likeness (QED) is 0.518. The van der Waals surface area contributed by atoms with Gasteiger partial charge in [0.15, 0.2) is 6.61 Å². The lowest BCUT2D eigenvalue weighted by atomic mass is 9.59. The Labute approximate surface area is 184 Å². The van der Waals surface area contributed by atoms with Crippen molar-refractivity contribution in [1.82, 2.24) is 16.1 Å². The number of carbonyl (C=O) groups is 2. The Bertz CT molecular complexity index is 861. The maximum atomic E-state index is 13.5. The molecule has 1 aliphatic heterocycles. The smallest absolute Gasteiger partial charge is 0.258 e. The number of benzene rings is 1. The number of hydrogen-bond donors (Lipinski definition) is 4. The Kier molecular flexibility index (Phi) is 6.13. The lowest BCUT2D eigenvalue weighted by Crippen LogP contribution is -2.71. The third kappa shape index (κ3) is 4.64.